The van der Waals surface area contributed by atoms with E-state index < -0.39 is 11.9 Å². The first-order valence-corrected chi connectivity index (χ1v) is 15.0. The number of benzene rings is 2. The van der Waals surface area contributed by atoms with Crippen LogP contribution in [0.15, 0.2) is 30.5 Å². The lowest BCUT2D eigenvalue weighted by molar-refractivity contribution is 0.107. The number of aromatic nitrogens is 3. The second kappa shape index (κ2) is 10.6. The van der Waals surface area contributed by atoms with Crippen molar-refractivity contribution < 1.29 is 23.7 Å². The zero-order valence-electron chi connectivity index (χ0n) is 23.7. The first-order chi connectivity index (χ1) is 20.4. The van der Waals surface area contributed by atoms with Crippen molar-refractivity contribution in [1.29, 1.82) is 0 Å². The molecule has 7 rings (SSSR count). The van der Waals surface area contributed by atoms with Gasteiger partial charge < -0.3 is 19.8 Å². The molecule has 0 spiro atoms. The Labute approximate surface area is 243 Å². The number of anilines is 1. The molecule has 2 N–H and O–H groups in total. The van der Waals surface area contributed by atoms with Gasteiger partial charge >= 0.3 is 6.01 Å². The normalized spacial score (nSPS) is 22.8. The molecule has 3 aliphatic heterocycles. The maximum atomic E-state index is 16.6. The molecule has 3 saturated heterocycles. The van der Waals surface area contributed by atoms with Gasteiger partial charge in [-0.1, -0.05) is 13.0 Å². The largest absolute Gasteiger partial charge is 0.508 e. The summed E-state index contributed by atoms with van der Waals surface area (Å²) >= 11 is 0. The number of pyridine rings is 1. The van der Waals surface area contributed by atoms with Crippen molar-refractivity contribution in [3.05, 3.63) is 47.7 Å². The fourth-order valence-electron chi connectivity index (χ4n) is 7.34. The van der Waals surface area contributed by atoms with Crippen molar-refractivity contribution in [2.24, 2.45) is 0 Å². The van der Waals surface area contributed by atoms with Crippen LogP contribution in [0, 0.1) is 11.6 Å². The molecule has 0 bridgehead atoms. The predicted octanol–water partition coefficient (Wildman–Crippen LogP) is 5.36. The molecule has 0 amide bonds. The summed E-state index contributed by atoms with van der Waals surface area (Å²) in [6.45, 7) is 5.27. The van der Waals surface area contributed by atoms with Crippen LogP contribution in [0.5, 0.6) is 11.8 Å². The van der Waals surface area contributed by atoms with E-state index in [1.807, 2.05) is 6.92 Å². The Morgan fingerprint density at radius 2 is 1.90 bits per heavy atom. The molecule has 0 aliphatic carbocycles. The van der Waals surface area contributed by atoms with Crippen LogP contribution in [0.25, 0.3) is 32.9 Å². The number of hydrogen-bond donors (Lipinski definition) is 2. The van der Waals surface area contributed by atoms with Crippen molar-refractivity contribution in [2.45, 2.75) is 63.5 Å². The zero-order valence-corrected chi connectivity index (χ0v) is 23.7. The van der Waals surface area contributed by atoms with Crippen LogP contribution in [-0.2, 0) is 6.42 Å². The molecule has 0 saturated carbocycles. The summed E-state index contributed by atoms with van der Waals surface area (Å²) in [5, 5.41) is 22.5. The summed E-state index contributed by atoms with van der Waals surface area (Å²) in [4.78, 5) is 18.3. The Balaban J connectivity index is 1.37. The van der Waals surface area contributed by atoms with Crippen molar-refractivity contribution in [1.82, 2.24) is 19.9 Å². The number of β-amino-alcohol motifs (C(OH)–C–C–N with tert-alkyl or cyclic N) is 1. The van der Waals surface area contributed by atoms with E-state index in [4.69, 9.17) is 9.72 Å². The van der Waals surface area contributed by atoms with Gasteiger partial charge in [-0.25, -0.2) is 8.78 Å². The average molecular weight is 576 g/mol. The molecular weight excluding hydrogens is 540 g/mol. The Hall–Kier alpha value is -3.63. The van der Waals surface area contributed by atoms with Gasteiger partial charge in [0.15, 0.2) is 5.82 Å². The summed E-state index contributed by atoms with van der Waals surface area (Å²) in [5.41, 5.74) is 0.526. The third-order valence-electron chi connectivity index (χ3n) is 9.32. The van der Waals surface area contributed by atoms with Gasteiger partial charge in [0.1, 0.15) is 35.2 Å². The minimum absolute atomic E-state index is 0.0163. The van der Waals surface area contributed by atoms with Gasteiger partial charge in [0.05, 0.1) is 17.0 Å². The van der Waals surface area contributed by atoms with E-state index in [9.17, 15) is 14.6 Å². The number of halogens is 2. The van der Waals surface area contributed by atoms with Crippen molar-refractivity contribution in [3.63, 3.8) is 0 Å². The summed E-state index contributed by atoms with van der Waals surface area (Å²) in [5.74, 6) is -0.540. The topological polar surface area (TPSA) is 94.8 Å². The number of hydrogen-bond acceptors (Lipinski definition) is 8. The van der Waals surface area contributed by atoms with Crippen molar-refractivity contribution >= 4 is 27.5 Å². The predicted molar refractivity (Wildman–Crippen MR) is 157 cm³/mol. The molecule has 4 aromatic rings. The highest BCUT2D eigenvalue weighted by molar-refractivity contribution is 6.01. The molecule has 3 fully saturated rings. The Kier molecular flexibility index (Phi) is 6.85. The first-order valence-electron chi connectivity index (χ1n) is 15.0. The van der Waals surface area contributed by atoms with Crippen LogP contribution >= 0.6 is 0 Å². The summed E-state index contributed by atoms with van der Waals surface area (Å²) in [7, 11) is 0. The number of phenols is 1. The van der Waals surface area contributed by atoms with E-state index in [1.54, 1.807) is 18.3 Å². The lowest BCUT2D eigenvalue weighted by Crippen LogP contribution is -2.43. The van der Waals surface area contributed by atoms with Gasteiger partial charge in [0, 0.05) is 31.4 Å². The van der Waals surface area contributed by atoms with Gasteiger partial charge in [-0.3, -0.25) is 9.88 Å². The number of rotatable bonds is 6. The van der Waals surface area contributed by atoms with Crippen molar-refractivity contribution in [2.75, 3.05) is 37.7 Å². The smallest absolute Gasteiger partial charge is 0.319 e. The van der Waals surface area contributed by atoms with Crippen LogP contribution in [0.3, 0.4) is 0 Å². The fraction of sp³-hybridized carbons (Fsp3) is 0.469. The minimum Gasteiger partial charge on any atom is -0.508 e. The van der Waals surface area contributed by atoms with Crippen LogP contribution in [0.4, 0.5) is 14.6 Å². The summed E-state index contributed by atoms with van der Waals surface area (Å²) in [6, 6.07) is 6.01. The van der Waals surface area contributed by atoms with Gasteiger partial charge in [-0.15, -0.1) is 0 Å². The molecule has 8 nitrogen and oxygen atoms in total. The van der Waals surface area contributed by atoms with Crippen LogP contribution in [-0.4, -0.2) is 74.5 Å². The molecule has 42 heavy (non-hydrogen) atoms. The van der Waals surface area contributed by atoms with Crippen LogP contribution < -0.4 is 9.64 Å². The molecule has 220 valence electrons. The SMILES string of the molecule is CCc1c(F)ccc2cc(O)cc(-c3ncc4c(N5CCCCC5)nc(OC[C@@]56CCCN5C[C@H](O)C6)nc4c3F)c12. The number of fused-ring (bicyclic) bond motifs is 3. The van der Waals surface area contributed by atoms with Gasteiger partial charge in [0.2, 0.25) is 0 Å². The molecule has 10 heteroatoms. The molecule has 0 unspecified atom stereocenters. The number of ether oxygens (including phenoxy) is 1. The number of aromatic hydroxyl groups is 1. The number of nitrogens with zero attached hydrogens (tertiary/aromatic N) is 5. The second-order valence-corrected chi connectivity index (χ2v) is 12.0. The maximum absolute atomic E-state index is 16.6. The number of aliphatic hydroxyl groups is 1. The molecule has 3 aliphatic rings. The Bertz CT molecular complexity index is 1680. The lowest BCUT2D eigenvalue weighted by Gasteiger charge is -2.31. The first kappa shape index (κ1) is 27.2. The molecule has 5 heterocycles. The lowest BCUT2D eigenvalue weighted by atomic mass is 9.94. The molecule has 2 atom stereocenters. The van der Waals surface area contributed by atoms with E-state index in [-0.39, 0.29) is 34.3 Å². The second-order valence-electron chi connectivity index (χ2n) is 12.0. The summed E-state index contributed by atoms with van der Waals surface area (Å²) < 4.78 is 37.8. The van der Waals surface area contributed by atoms with Crippen molar-refractivity contribution in [3.8, 4) is 23.0 Å². The highest BCUT2D eigenvalue weighted by Crippen LogP contribution is 2.41. The van der Waals surface area contributed by atoms with Crippen LogP contribution in [0.1, 0.15) is 51.0 Å². The van der Waals surface area contributed by atoms with E-state index in [0.717, 1.165) is 51.7 Å². The quantitative estimate of drug-likeness (QED) is 0.318. The van der Waals surface area contributed by atoms with E-state index in [0.29, 0.717) is 59.1 Å². The number of phenolic OH excluding ortho intramolecular Hbond substituents is 1. The van der Waals surface area contributed by atoms with E-state index in [2.05, 4.69) is 19.8 Å². The molecule has 0 radical (unpaired) electrons. The maximum Gasteiger partial charge on any atom is 0.319 e. The Morgan fingerprint density at radius 3 is 2.71 bits per heavy atom. The highest BCUT2D eigenvalue weighted by atomic mass is 19.1. The highest BCUT2D eigenvalue weighted by Gasteiger charge is 2.48. The van der Waals surface area contributed by atoms with Gasteiger partial charge in [-0.2, -0.15) is 9.97 Å². The third kappa shape index (κ3) is 4.52. The standard InChI is InChI=1S/C32H35F2N5O3/c1-2-22-25(33)8-7-19-13-20(40)14-23(26(19)22)28-27(34)29-24(16-35-28)30(38-10-4-3-5-11-38)37-31(36-29)42-18-32-9-6-12-39(32)17-21(41)15-32/h7-8,13-14,16,21,40-41H,2-6,9-12,15,17-18H2,1H3/t21-,32+/m1/s1. The third-order valence-corrected chi connectivity index (χ3v) is 9.32. The summed E-state index contributed by atoms with van der Waals surface area (Å²) in [6.07, 6.45) is 7.30. The monoisotopic (exact) mass is 575 g/mol. The fourth-order valence-corrected chi connectivity index (χ4v) is 7.34. The number of aryl methyl sites for hydroxylation is 1. The average Bonchev–Trinajstić information content (AvgIpc) is 3.52. The minimum atomic E-state index is -0.673. The van der Waals surface area contributed by atoms with Gasteiger partial charge in [0.25, 0.3) is 0 Å². The zero-order chi connectivity index (χ0) is 29.0. The number of aliphatic hydroxyl groups excluding tert-OH is 1. The Morgan fingerprint density at radius 1 is 1.07 bits per heavy atom. The molecular formula is C32H35F2N5O3. The van der Waals surface area contributed by atoms with E-state index in [1.165, 1.54) is 12.1 Å². The molecule has 2 aromatic carbocycles. The molecule has 2 aromatic heterocycles. The van der Waals surface area contributed by atoms with Gasteiger partial charge in [-0.05, 0) is 86.0 Å². The van der Waals surface area contributed by atoms with E-state index >= 15 is 4.39 Å². The number of piperidine rings is 1. The van der Waals surface area contributed by atoms with Crippen LogP contribution in [0.2, 0.25) is 0 Å².